The molecule has 2 nitrogen and oxygen atoms in total. The van der Waals surface area contributed by atoms with E-state index in [0.717, 1.165) is 23.2 Å². The summed E-state index contributed by atoms with van der Waals surface area (Å²) in [6.07, 6.45) is 7.58. The lowest BCUT2D eigenvalue weighted by atomic mass is 9.55. The number of rotatable bonds is 2. The summed E-state index contributed by atoms with van der Waals surface area (Å²) in [4.78, 5) is 0. The molecular formula is C34H60N2. The molecule has 4 N–H and O–H groups in total. The van der Waals surface area contributed by atoms with E-state index >= 15 is 0 Å². The minimum atomic E-state index is 0.232. The van der Waals surface area contributed by atoms with E-state index in [1.165, 1.54) is 49.7 Å². The zero-order chi connectivity index (χ0) is 27.4. The van der Waals surface area contributed by atoms with Crippen LogP contribution in [0.3, 0.4) is 0 Å². The van der Waals surface area contributed by atoms with Gasteiger partial charge in [-0.15, -0.1) is 0 Å². The van der Waals surface area contributed by atoms with Gasteiger partial charge in [0.1, 0.15) is 0 Å². The molecule has 0 aliphatic heterocycles. The maximum atomic E-state index is 6.95. The molecule has 1 aromatic rings. The average Bonchev–Trinajstić information content (AvgIpc) is 2.72. The Hall–Kier alpha value is -1.18. The fourth-order valence-corrected chi connectivity index (χ4v) is 8.02. The highest BCUT2D eigenvalue weighted by atomic mass is 14.6. The Bertz CT molecular complexity index is 824. The zero-order valence-corrected chi connectivity index (χ0v) is 26.0. The molecule has 1 aromatic carbocycles. The Morgan fingerprint density at radius 1 is 0.500 bits per heavy atom. The number of nitrogen functional groups attached to an aromatic ring is 2. The molecular weight excluding hydrogens is 436 g/mol. The van der Waals surface area contributed by atoms with Crippen molar-refractivity contribution in [3.63, 3.8) is 0 Å². The Morgan fingerprint density at radius 2 is 0.806 bits per heavy atom. The van der Waals surface area contributed by atoms with Crippen LogP contribution in [0.25, 0.3) is 0 Å². The number of benzene rings is 1. The lowest BCUT2D eigenvalue weighted by Gasteiger charge is -2.50. The van der Waals surface area contributed by atoms with Gasteiger partial charge in [-0.25, -0.2) is 0 Å². The van der Waals surface area contributed by atoms with Gasteiger partial charge in [0.25, 0.3) is 0 Å². The SMILES string of the molecule is CC(C)(C)C1CCC(c2c(N)ccc(N)c2C2CCC(C(C)(C)C)CC2C(C)(C)C)C(C(C)(C)C)C1. The highest BCUT2D eigenvalue weighted by Gasteiger charge is 2.46. The lowest BCUT2D eigenvalue weighted by Crippen LogP contribution is -2.40. The summed E-state index contributed by atoms with van der Waals surface area (Å²) in [5.74, 6) is 3.71. The molecule has 2 fully saturated rings. The lowest BCUT2D eigenvalue weighted by molar-refractivity contribution is 0.0574. The number of nitrogens with two attached hydrogens (primary N) is 2. The van der Waals surface area contributed by atoms with E-state index in [4.69, 9.17) is 11.5 Å². The van der Waals surface area contributed by atoms with Crippen LogP contribution in [-0.2, 0) is 0 Å². The summed E-state index contributed by atoms with van der Waals surface area (Å²) in [6, 6.07) is 4.22. The molecule has 0 saturated heterocycles. The molecule has 0 amide bonds. The Labute approximate surface area is 224 Å². The van der Waals surface area contributed by atoms with Gasteiger partial charge in [0.2, 0.25) is 0 Å². The van der Waals surface area contributed by atoms with E-state index < -0.39 is 0 Å². The van der Waals surface area contributed by atoms with Crippen molar-refractivity contribution in [2.24, 2.45) is 45.3 Å². The maximum Gasteiger partial charge on any atom is 0.0353 e. The summed E-state index contributed by atoms with van der Waals surface area (Å²) in [6.45, 7) is 29.3. The van der Waals surface area contributed by atoms with Gasteiger partial charge in [0.05, 0.1) is 0 Å². The third-order valence-electron chi connectivity index (χ3n) is 10.5. The first-order valence-electron chi connectivity index (χ1n) is 14.9. The highest BCUT2D eigenvalue weighted by molar-refractivity contribution is 5.65. The smallest absolute Gasteiger partial charge is 0.0353 e. The predicted octanol–water partition coefficient (Wildman–Crippen LogP) is 10.0. The molecule has 0 bridgehead atoms. The molecule has 0 spiro atoms. The van der Waals surface area contributed by atoms with Crippen molar-refractivity contribution in [1.29, 1.82) is 0 Å². The van der Waals surface area contributed by atoms with Gasteiger partial charge in [-0.05, 0) is 119 Å². The van der Waals surface area contributed by atoms with Crippen molar-refractivity contribution in [2.45, 2.75) is 133 Å². The summed E-state index contributed by atoms with van der Waals surface area (Å²) in [5.41, 5.74) is 19.9. The monoisotopic (exact) mass is 496 g/mol. The zero-order valence-electron chi connectivity index (χ0n) is 26.0. The van der Waals surface area contributed by atoms with E-state index in [2.05, 4.69) is 95.2 Å². The quantitative estimate of drug-likeness (QED) is 0.400. The molecule has 206 valence electrons. The third kappa shape index (κ3) is 6.10. The average molecular weight is 497 g/mol. The van der Waals surface area contributed by atoms with Crippen LogP contribution < -0.4 is 11.5 Å². The highest BCUT2D eigenvalue weighted by Crippen LogP contribution is 2.58. The van der Waals surface area contributed by atoms with Crippen LogP contribution in [0, 0.1) is 45.3 Å². The topological polar surface area (TPSA) is 52.0 Å². The minimum Gasteiger partial charge on any atom is -0.398 e. The molecule has 0 aromatic heterocycles. The summed E-state index contributed by atoms with van der Waals surface area (Å²) < 4.78 is 0. The van der Waals surface area contributed by atoms with Crippen molar-refractivity contribution in [3.8, 4) is 0 Å². The molecule has 0 heterocycles. The molecule has 6 unspecified atom stereocenters. The van der Waals surface area contributed by atoms with Crippen LogP contribution in [0.2, 0.25) is 0 Å². The molecule has 2 saturated carbocycles. The predicted molar refractivity (Wildman–Crippen MR) is 160 cm³/mol. The number of hydrogen-bond acceptors (Lipinski definition) is 2. The van der Waals surface area contributed by atoms with E-state index in [0.29, 0.717) is 34.5 Å². The number of anilines is 2. The second-order valence-corrected chi connectivity index (χ2v) is 17.0. The molecule has 0 radical (unpaired) electrons. The molecule has 6 atom stereocenters. The van der Waals surface area contributed by atoms with E-state index in [-0.39, 0.29) is 10.8 Å². The Kier molecular flexibility index (Phi) is 8.04. The van der Waals surface area contributed by atoms with Gasteiger partial charge in [-0.1, -0.05) is 83.1 Å². The molecule has 3 rings (SSSR count). The van der Waals surface area contributed by atoms with Crippen LogP contribution in [0.5, 0.6) is 0 Å². The van der Waals surface area contributed by atoms with E-state index in [9.17, 15) is 0 Å². The van der Waals surface area contributed by atoms with Crippen LogP contribution in [0.15, 0.2) is 12.1 Å². The summed E-state index contributed by atoms with van der Waals surface area (Å²) in [5, 5.41) is 0. The van der Waals surface area contributed by atoms with Gasteiger partial charge >= 0.3 is 0 Å². The van der Waals surface area contributed by atoms with Gasteiger partial charge < -0.3 is 11.5 Å². The second-order valence-electron chi connectivity index (χ2n) is 17.0. The van der Waals surface area contributed by atoms with Crippen molar-refractivity contribution < 1.29 is 0 Å². The summed E-state index contributed by atoms with van der Waals surface area (Å²) >= 11 is 0. The van der Waals surface area contributed by atoms with Gasteiger partial charge in [-0.2, -0.15) is 0 Å². The molecule has 2 aliphatic rings. The minimum absolute atomic E-state index is 0.232. The van der Waals surface area contributed by atoms with Crippen LogP contribution in [0.4, 0.5) is 11.4 Å². The fourth-order valence-electron chi connectivity index (χ4n) is 8.02. The van der Waals surface area contributed by atoms with Gasteiger partial charge in [0, 0.05) is 11.4 Å². The maximum absolute atomic E-state index is 6.95. The van der Waals surface area contributed by atoms with Gasteiger partial charge in [-0.3, -0.25) is 0 Å². The number of hydrogen-bond donors (Lipinski definition) is 2. The largest absolute Gasteiger partial charge is 0.398 e. The fraction of sp³-hybridized carbons (Fsp3) is 0.824. The first-order valence-corrected chi connectivity index (χ1v) is 14.9. The van der Waals surface area contributed by atoms with Crippen molar-refractivity contribution in [2.75, 3.05) is 11.5 Å². The van der Waals surface area contributed by atoms with Crippen molar-refractivity contribution >= 4 is 11.4 Å². The Balaban J connectivity index is 2.13. The van der Waals surface area contributed by atoms with Crippen LogP contribution in [-0.4, -0.2) is 0 Å². The molecule has 2 aliphatic carbocycles. The second kappa shape index (κ2) is 9.85. The van der Waals surface area contributed by atoms with Crippen molar-refractivity contribution in [3.05, 3.63) is 23.3 Å². The van der Waals surface area contributed by atoms with Crippen LogP contribution >= 0.6 is 0 Å². The van der Waals surface area contributed by atoms with E-state index in [1.807, 2.05) is 0 Å². The summed E-state index contributed by atoms with van der Waals surface area (Å²) in [7, 11) is 0. The van der Waals surface area contributed by atoms with Crippen molar-refractivity contribution in [1.82, 2.24) is 0 Å². The van der Waals surface area contributed by atoms with Crippen LogP contribution in [0.1, 0.15) is 145 Å². The molecule has 2 heteroatoms. The first-order chi connectivity index (χ1) is 16.2. The normalized spacial score (nSPS) is 30.9. The van der Waals surface area contributed by atoms with Gasteiger partial charge in [0.15, 0.2) is 0 Å². The van der Waals surface area contributed by atoms with E-state index in [1.54, 1.807) is 0 Å². The Morgan fingerprint density at radius 3 is 1.06 bits per heavy atom. The first kappa shape index (κ1) is 29.4. The third-order valence-corrected chi connectivity index (χ3v) is 10.5. The molecule has 36 heavy (non-hydrogen) atoms. The standard InChI is InChI=1S/C34H60N2/c1-31(2,3)21-13-15-23(25(19-21)33(7,8)9)29-27(35)17-18-28(36)30(29)24-16-14-22(32(4,5)6)20-26(24)34(10,11)12/h17-18,21-26H,13-16,19-20,35-36H2,1-12H3.